The Balaban J connectivity index is 1.70. The van der Waals surface area contributed by atoms with E-state index in [9.17, 15) is 27.1 Å². The molecule has 3 unspecified atom stereocenters. The van der Waals surface area contributed by atoms with Crippen LogP contribution in [0.25, 0.3) is 0 Å². The number of hydrogen-bond acceptors (Lipinski definition) is 4. The summed E-state index contributed by atoms with van der Waals surface area (Å²) in [4.78, 5) is 12.9. The molecule has 2 bridgehead atoms. The summed E-state index contributed by atoms with van der Waals surface area (Å²) >= 11 is 6.40. The minimum atomic E-state index is -3.90. The van der Waals surface area contributed by atoms with Crippen molar-refractivity contribution in [2.24, 2.45) is 11.8 Å². The molecule has 4 atom stereocenters. The van der Waals surface area contributed by atoms with E-state index in [0.717, 1.165) is 25.0 Å². The lowest BCUT2D eigenvalue weighted by Crippen LogP contribution is -2.45. The number of nitrogens with one attached hydrogen (secondary N) is 1. The van der Waals surface area contributed by atoms with Crippen molar-refractivity contribution in [1.29, 1.82) is 0 Å². The molecule has 0 radical (unpaired) electrons. The minimum absolute atomic E-state index is 0.00547. The van der Waals surface area contributed by atoms with Crippen LogP contribution < -0.4 is 5.32 Å². The Morgan fingerprint density at radius 2 is 1.85 bits per heavy atom. The zero-order valence-corrected chi connectivity index (χ0v) is 20.2. The van der Waals surface area contributed by atoms with Gasteiger partial charge in [-0.1, -0.05) is 17.7 Å². The Kier molecular flexibility index (Phi) is 6.61. The summed E-state index contributed by atoms with van der Waals surface area (Å²) in [7, 11) is -3.90. The van der Waals surface area contributed by atoms with Crippen molar-refractivity contribution in [1.82, 2.24) is 0 Å². The summed E-state index contributed by atoms with van der Waals surface area (Å²) in [5.74, 6) is -3.07. The molecule has 2 aromatic rings. The van der Waals surface area contributed by atoms with Gasteiger partial charge in [-0.25, -0.2) is 17.2 Å². The molecule has 34 heavy (non-hydrogen) atoms. The predicted molar refractivity (Wildman–Crippen MR) is 127 cm³/mol. The van der Waals surface area contributed by atoms with Gasteiger partial charge in [0.15, 0.2) is 21.5 Å². The minimum Gasteiger partial charge on any atom is -0.390 e. The van der Waals surface area contributed by atoms with Crippen LogP contribution in [0.4, 0.5) is 14.5 Å². The Bertz CT molecular complexity index is 1250. The second kappa shape index (κ2) is 9.06. The van der Waals surface area contributed by atoms with Gasteiger partial charge >= 0.3 is 0 Å². The third-order valence-corrected chi connectivity index (χ3v) is 9.94. The second-order valence-electron chi connectivity index (χ2n) is 9.35. The number of carbonyl (C=O) groups is 1. The maximum absolute atomic E-state index is 13.6. The number of amides is 1. The van der Waals surface area contributed by atoms with E-state index in [1.807, 2.05) is 0 Å². The maximum atomic E-state index is 13.6. The second-order valence-corrected chi connectivity index (χ2v) is 12.0. The van der Waals surface area contributed by atoms with Gasteiger partial charge in [0.25, 0.3) is 5.91 Å². The Labute approximate surface area is 202 Å². The normalized spacial score (nSPS) is 26.3. The number of benzene rings is 2. The highest BCUT2D eigenvalue weighted by Crippen LogP contribution is 2.51. The fraction of sp³-hybridized carbons (Fsp3) is 0.400. The third-order valence-electron chi connectivity index (χ3n) is 7.30. The smallest absolute Gasteiger partial charge is 0.255 e. The molecule has 2 saturated carbocycles. The van der Waals surface area contributed by atoms with E-state index < -0.39 is 38.2 Å². The summed E-state index contributed by atoms with van der Waals surface area (Å²) in [5.41, 5.74) is -0.345. The van der Waals surface area contributed by atoms with E-state index in [1.54, 1.807) is 13.0 Å². The average molecular weight is 510 g/mol. The Hall–Kier alpha value is -2.29. The van der Waals surface area contributed by atoms with Crippen LogP contribution in [0.3, 0.4) is 0 Å². The highest BCUT2D eigenvalue weighted by Gasteiger charge is 2.53. The van der Waals surface area contributed by atoms with E-state index in [0.29, 0.717) is 18.4 Å². The van der Waals surface area contributed by atoms with E-state index in [-0.39, 0.29) is 39.4 Å². The molecule has 9 heteroatoms. The standard InChI is InChI=1S/C25H26ClF2NO4S/c1-3-4-14-9-20(26)23(13-19(14)24(30)29-17-7-8-21(27)22(28)12-17)34(32,33)18-10-15-5-6-16(11-18)25(15,2)31/h3,7-9,12-13,15-16,18,31H,1,4-6,10-11H2,2H3,(H,29,30)/t15-,16?,18?,25?/m0/s1. The first-order chi connectivity index (χ1) is 15.9. The van der Waals surface area contributed by atoms with Gasteiger partial charge < -0.3 is 10.4 Å². The van der Waals surface area contributed by atoms with Crippen LogP contribution >= 0.6 is 11.6 Å². The van der Waals surface area contributed by atoms with Crippen molar-refractivity contribution < 1.29 is 27.1 Å². The number of aliphatic hydroxyl groups is 1. The van der Waals surface area contributed by atoms with Crippen molar-refractivity contribution in [3.8, 4) is 0 Å². The first-order valence-corrected chi connectivity index (χ1v) is 13.0. The number of hydrogen-bond donors (Lipinski definition) is 2. The lowest BCUT2D eigenvalue weighted by atomic mass is 9.76. The molecular weight excluding hydrogens is 484 g/mol. The molecule has 4 rings (SSSR count). The Morgan fingerprint density at radius 3 is 2.44 bits per heavy atom. The Morgan fingerprint density at radius 1 is 1.21 bits per heavy atom. The predicted octanol–water partition coefficient (Wildman–Crippen LogP) is 5.31. The number of allylic oxidation sites excluding steroid dienone is 1. The van der Waals surface area contributed by atoms with Crippen LogP contribution in [0.2, 0.25) is 5.02 Å². The quantitative estimate of drug-likeness (QED) is 0.517. The molecule has 0 aliphatic heterocycles. The van der Waals surface area contributed by atoms with Gasteiger partial charge in [0.2, 0.25) is 0 Å². The van der Waals surface area contributed by atoms with Gasteiger partial charge in [0.1, 0.15) is 0 Å². The molecule has 2 fully saturated rings. The zero-order chi connectivity index (χ0) is 24.8. The summed E-state index contributed by atoms with van der Waals surface area (Å²) in [5, 5.41) is 12.5. The summed E-state index contributed by atoms with van der Waals surface area (Å²) in [6.07, 6.45) is 4.00. The van der Waals surface area contributed by atoms with Crippen molar-refractivity contribution in [2.45, 2.75) is 54.8 Å². The van der Waals surface area contributed by atoms with Gasteiger partial charge in [0, 0.05) is 17.3 Å². The number of carbonyl (C=O) groups excluding carboxylic acids is 1. The highest BCUT2D eigenvalue weighted by atomic mass is 35.5. The maximum Gasteiger partial charge on any atom is 0.255 e. The third kappa shape index (κ3) is 4.39. The highest BCUT2D eigenvalue weighted by molar-refractivity contribution is 7.92. The fourth-order valence-corrected chi connectivity index (χ4v) is 7.77. The molecule has 0 saturated heterocycles. The monoisotopic (exact) mass is 509 g/mol. The lowest BCUT2D eigenvalue weighted by Gasteiger charge is -2.40. The van der Waals surface area contributed by atoms with Crippen molar-refractivity contribution in [3.63, 3.8) is 0 Å². The summed E-state index contributed by atoms with van der Waals surface area (Å²) in [6.45, 7) is 5.44. The van der Waals surface area contributed by atoms with Gasteiger partial charge in [-0.3, -0.25) is 4.79 Å². The van der Waals surface area contributed by atoms with Crippen LogP contribution in [-0.2, 0) is 16.3 Å². The van der Waals surface area contributed by atoms with Gasteiger partial charge in [-0.05, 0) is 80.7 Å². The molecule has 0 heterocycles. The van der Waals surface area contributed by atoms with E-state index in [2.05, 4.69) is 11.9 Å². The fourth-order valence-electron chi connectivity index (χ4n) is 5.32. The van der Waals surface area contributed by atoms with Gasteiger partial charge in [-0.15, -0.1) is 6.58 Å². The zero-order valence-electron chi connectivity index (χ0n) is 18.7. The molecule has 182 valence electrons. The molecule has 5 nitrogen and oxygen atoms in total. The molecule has 2 aliphatic carbocycles. The van der Waals surface area contributed by atoms with E-state index >= 15 is 0 Å². The molecule has 2 aliphatic rings. The summed E-state index contributed by atoms with van der Waals surface area (Å²) in [6, 6.07) is 5.63. The topological polar surface area (TPSA) is 83.5 Å². The van der Waals surface area contributed by atoms with Crippen LogP contribution in [-0.4, -0.2) is 30.3 Å². The number of anilines is 1. The lowest BCUT2D eigenvalue weighted by molar-refractivity contribution is -0.0413. The van der Waals surface area contributed by atoms with Crippen LogP contribution in [0.15, 0.2) is 47.9 Å². The molecule has 1 amide bonds. The van der Waals surface area contributed by atoms with Crippen molar-refractivity contribution in [3.05, 3.63) is 70.8 Å². The van der Waals surface area contributed by atoms with Crippen LogP contribution in [0, 0.1) is 23.5 Å². The largest absolute Gasteiger partial charge is 0.390 e. The average Bonchev–Trinajstić information content (AvgIpc) is 2.93. The molecule has 0 spiro atoms. The van der Waals surface area contributed by atoms with E-state index in [1.165, 1.54) is 18.2 Å². The van der Waals surface area contributed by atoms with Crippen molar-refractivity contribution >= 4 is 33.0 Å². The number of halogens is 3. The van der Waals surface area contributed by atoms with Gasteiger partial charge in [0.05, 0.1) is 20.8 Å². The molecular formula is C25H26ClF2NO4S. The number of rotatable bonds is 6. The van der Waals surface area contributed by atoms with Crippen molar-refractivity contribution in [2.75, 3.05) is 5.32 Å². The van der Waals surface area contributed by atoms with E-state index in [4.69, 9.17) is 11.6 Å². The SMILES string of the molecule is C=CCc1cc(Cl)c(S(=O)(=O)C2CC3CC[C@@H](C2)C3(C)O)cc1C(=O)Nc1ccc(F)c(F)c1. The van der Waals surface area contributed by atoms with Crippen LogP contribution in [0.5, 0.6) is 0 Å². The first kappa shape index (κ1) is 24.8. The number of fused-ring (bicyclic) bond motifs is 2. The number of sulfone groups is 1. The molecule has 0 aromatic heterocycles. The molecule has 2 N–H and O–H groups in total. The van der Waals surface area contributed by atoms with Crippen LogP contribution in [0.1, 0.15) is 48.5 Å². The summed E-state index contributed by atoms with van der Waals surface area (Å²) < 4.78 is 54.0. The molecule has 2 aromatic carbocycles. The first-order valence-electron chi connectivity index (χ1n) is 11.1. The van der Waals surface area contributed by atoms with Gasteiger partial charge in [-0.2, -0.15) is 0 Å².